The standard InChI is InChI=1S/C24H26N2O3/c1-27-22-9-7-20(8-10-22)18-29-24-13-21(14-25-15-24)26-12-11-23(16-26)28-17-19-5-3-2-4-6-19/h2-10,13-15,23H,11-12,16-18H2,1H3. The van der Waals surface area contributed by atoms with E-state index in [1.807, 2.05) is 48.7 Å². The number of pyridine rings is 1. The maximum atomic E-state index is 6.09. The highest BCUT2D eigenvalue weighted by Gasteiger charge is 2.23. The van der Waals surface area contributed by atoms with E-state index in [1.54, 1.807) is 13.3 Å². The molecule has 4 rings (SSSR count). The molecule has 1 aromatic heterocycles. The summed E-state index contributed by atoms with van der Waals surface area (Å²) in [5, 5.41) is 0. The van der Waals surface area contributed by atoms with E-state index in [0.29, 0.717) is 13.2 Å². The van der Waals surface area contributed by atoms with Gasteiger partial charge in [0, 0.05) is 19.2 Å². The minimum absolute atomic E-state index is 0.235. The Balaban J connectivity index is 1.30. The van der Waals surface area contributed by atoms with Gasteiger partial charge in [0.05, 0.1) is 37.9 Å². The molecule has 5 heteroatoms. The molecule has 0 N–H and O–H groups in total. The molecular weight excluding hydrogens is 364 g/mol. The molecule has 5 nitrogen and oxygen atoms in total. The molecule has 3 aromatic rings. The highest BCUT2D eigenvalue weighted by atomic mass is 16.5. The van der Waals surface area contributed by atoms with Crippen molar-refractivity contribution < 1.29 is 14.2 Å². The van der Waals surface area contributed by atoms with Crippen molar-refractivity contribution >= 4 is 5.69 Å². The van der Waals surface area contributed by atoms with Crippen LogP contribution in [0.25, 0.3) is 0 Å². The van der Waals surface area contributed by atoms with Gasteiger partial charge in [-0.25, -0.2) is 0 Å². The molecule has 0 aliphatic carbocycles. The molecule has 1 unspecified atom stereocenters. The topological polar surface area (TPSA) is 43.8 Å². The molecule has 29 heavy (non-hydrogen) atoms. The molecule has 1 saturated heterocycles. The van der Waals surface area contributed by atoms with Crippen LogP contribution in [-0.2, 0) is 18.0 Å². The second-order valence-electron chi connectivity index (χ2n) is 7.17. The lowest BCUT2D eigenvalue weighted by molar-refractivity contribution is 0.0553. The van der Waals surface area contributed by atoms with Crippen molar-refractivity contribution in [2.75, 3.05) is 25.1 Å². The molecule has 2 aromatic carbocycles. The van der Waals surface area contributed by atoms with Gasteiger partial charge in [-0.1, -0.05) is 42.5 Å². The second kappa shape index (κ2) is 9.43. The Bertz CT molecular complexity index is 900. The Kier molecular flexibility index (Phi) is 6.27. The Hall–Kier alpha value is -3.05. The first kappa shape index (κ1) is 19.3. The lowest BCUT2D eigenvalue weighted by atomic mass is 10.2. The lowest BCUT2D eigenvalue weighted by Crippen LogP contribution is -2.23. The predicted octanol–water partition coefficient (Wildman–Crippen LogP) is 4.46. The first-order valence-corrected chi connectivity index (χ1v) is 9.91. The minimum Gasteiger partial charge on any atom is -0.497 e. The van der Waals surface area contributed by atoms with E-state index in [9.17, 15) is 0 Å². The quantitative estimate of drug-likeness (QED) is 0.568. The van der Waals surface area contributed by atoms with Crippen molar-refractivity contribution in [2.45, 2.75) is 25.7 Å². The monoisotopic (exact) mass is 390 g/mol. The first-order chi connectivity index (χ1) is 14.3. The predicted molar refractivity (Wildman–Crippen MR) is 113 cm³/mol. The van der Waals surface area contributed by atoms with Gasteiger partial charge in [-0.05, 0) is 29.7 Å². The summed E-state index contributed by atoms with van der Waals surface area (Å²) in [5.41, 5.74) is 3.37. The summed E-state index contributed by atoms with van der Waals surface area (Å²) in [6, 6.07) is 20.2. The van der Waals surface area contributed by atoms with Gasteiger partial charge >= 0.3 is 0 Å². The summed E-state index contributed by atoms with van der Waals surface area (Å²) in [5.74, 6) is 1.61. The summed E-state index contributed by atoms with van der Waals surface area (Å²) in [7, 11) is 1.66. The number of anilines is 1. The van der Waals surface area contributed by atoms with Crippen LogP contribution in [0, 0.1) is 0 Å². The van der Waals surface area contributed by atoms with Crippen LogP contribution in [-0.4, -0.2) is 31.3 Å². The van der Waals surface area contributed by atoms with Gasteiger partial charge in [0.15, 0.2) is 0 Å². The maximum Gasteiger partial charge on any atom is 0.140 e. The molecule has 0 radical (unpaired) electrons. The van der Waals surface area contributed by atoms with Crippen LogP contribution in [0.5, 0.6) is 11.5 Å². The third kappa shape index (κ3) is 5.27. The van der Waals surface area contributed by atoms with Gasteiger partial charge in [0.25, 0.3) is 0 Å². The molecular formula is C24H26N2O3. The van der Waals surface area contributed by atoms with Crippen LogP contribution in [0.3, 0.4) is 0 Å². The van der Waals surface area contributed by atoms with Crippen LogP contribution >= 0.6 is 0 Å². The van der Waals surface area contributed by atoms with Gasteiger partial charge < -0.3 is 19.1 Å². The fraction of sp³-hybridized carbons (Fsp3) is 0.292. The zero-order valence-corrected chi connectivity index (χ0v) is 16.7. The SMILES string of the molecule is COc1ccc(COc2cncc(N3CCC(OCc4ccccc4)C3)c2)cc1. The summed E-state index contributed by atoms with van der Waals surface area (Å²) in [6.45, 7) is 2.99. The Morgan fingerprint density at radius 2 is 1.72 bits per heavy atom. The Labute approximate surface area is 171 Å². The average Bonchev–Trinajstić information content (AvgIpc) is 3.27. The molecule has 1 aliphatic heterocycles. The maximum absolute atomic E-state index is 6.09. The number of hydrogen-bond acceptors (Lipinski definition) is 5. The zero-order chi connectivity index (χ0) is 19.9. The number of rotatable bonds is 8. The molecule has 1 fully saturated rings. The van der Waals surface area contributed by atoms with Crippen LogP contribution in [0.1, 0.15) is 17.5 Å². The molecule has 0 amide bonds. The number of ether oxygens (including phenoxy) is 3. The summed E-state index contributed by atoms with van der Waals surface area (Å²) < 4.78 is 17.2. The molecule has 150 valence electrons. The smallest absolute Gasteiger partial charge is 0.140 e. The van der Waals surface area contributed by atoms with E-state index in [4.69, 9.17) is 14.2 Å². The summed E-state index contributed by atoms with van der Waals surface area (Å²) in [6.07, 6.45) is 4.90. The third-order valence-corrected chi connectivity index (χ3v) is 5.10. The highest BCUT2D eigenvalue weighted by molar-refractivity contribution is 5.49. The zero-order valence-electron chi connectivity index (χ0n) is 16.7. The van der Waals surface area contributed by atoms with Crippen molar-refractivity contribution in [3.63, 3.8) is 0 Å². The van der Waals surface area contributed by atoms with Crippen LogP contribution < -0.4 is 14.4 Å². The van der Waals surface area contributed by atoms with E-state index in [0.717, 1.165) is 42.3 Å². The molecule has 2 heterocycles. The van der Waals surface area contributed by atoms with Crippen molar-refractivity contribution in [3.05, 3.63) is 84.2 Å². The average molecular weight is 390 g/mol. The first-order valence-electron chi connectivity index (χ1n) is 9.91. The Morgan fingerprint density at radius 3 is 2.52 bits per heavy atom. The minimum atomic E-state index is 0.235. The molecule has 0 bridgehead atoms. The van der Waals surface area contributed by atoms with Gasteiger partial charge in [-0.15, -0.1) is 0 Å². The van der Waals surface area contributed by atoms with E-state index < -0.39 is 0 Å². The second-order valence-corrected chi connectivity index (χ2v) is 7.17. The highest BCUT2D eigenvalue weighted by Crippen LogP contribution is 2.25. The molecule has 1 aliphatic rings. The largest absolute Gasteiger partial charge is 0.497 e. The van der Waals surface area contributed by atoms with E-state index in [1.165, 1.54) is 5.56 Å². The van der Waals surface area contributed by atoms with Gasteiger partial charge in [-0.2, -0.15) is 0 Å². The van der Waals surface area contributed by atoms with Crippen molar-refractivity contribution in [1.29, 1.82) is 0 Å². The Morgan fingerprint density at radius 1 is 0.931 bits per heavy atom. The van der Waals surface area contributed by atoms with Gasteiger partial charge in [0.2, 0.25) is 0 Å². The normalized spacial score (nSPS) is 16.0. The molecule has 0 saturated carbocycles. The number of methoxy groups -OCH3 is 1. The summed E-state index contributed by atoms with van der Waals surface area (Å²) in [4.78, 5) is 6.67. The van der Waals surface area contributed by atoms with Crippen LogP contribution in [0.15, 0.2) is 73.1 Å². The number of benzene rings is 2. The third-order valence-electron chi connectivity index (χ3n) is 5.10. The molecule has 0 spiro atoms. The molecule has 1 atom stereocenters. The fourth-order valence-electron chi connectivity index (χ4n) is 3.43. The van der Waals surface area contributed by atoms with Gasteiger partial charge in [-0.3, -0.25) is 4.98 Å². The van der Waals surface area contributed by atoms with Crippen molar-refractivity contribution in [1.82, 2.24) is 4.98 Å². The fourth-order valence-corrected chi connectivity index (χ4v) is 3.43. The van der Waals surface area contributed by atoms with Gasteiger partial charge in [0.1, 0.15) is 18.1 Å². The number of nitrogens with zero attached hydrogens (tertiary/aromatic N) is 2. The van der Waals surface area contributed by atoms with E-state index >= 15 is 0 Å². The van der Waals surface area contributed by atoms with Crippen LogP contribution in [0.4, 0.5) is 5.69 Å². The van der Waals surface area contributed by atoms with E-state index in [-0.39, 0.29) is 6.10 Å². The lowest BCUT2D eigenvalue weighted by Gasteiger charge is -2.19. The van der Waals surface area contributed by atoms with E-state index in [2.05, 4.69) is 28.1 Å². The van der Waals surface area contributed by atoms with Crippen molar-refractivity contribution in [2.24, 2.45) is 0 Å². The van der Waals surface area contributed by atoms with Crippen LogP contribution in [0.2, 0.25) is 0 Å². The summed E-state index contributed by atoms with van der Waals surface area (Å²) >= 11 is 0. The van der Waals surface area contributed by atoms with Crippen molar-refractivity contribution in [3.8, 4) is 11.5 Å². The number of aromatic nitrogens is 1. The number of hydrogen-bond donors (Lipinski definition) is 0.